The lowest BCUT2D eigenvalue weighted by molar-refractivity contribution is -0.115. The van der Waals surface area contributed by atoms with Crippen molar-refractivity contribution in [3.8, 4) is 0 Å². The molecule has 1 aliphatic rings. The average molecular weight is 370 g/mol. The monoisotopic (exact) mass is 369 g/mol. The molecule has 1 amide bonds. The minimum Gasteiger partial charge on any atom is -0.353 e. The van der Waals surface area contributed by atoms with E-state index < -0.39 is 0 Å². The zero-order valence-electron chi connectivity index (χ0n) is 13.5. The highest BCUT2D eigenvalue weighted by atomic mass is 35.5. The van der Waals surface area contributed by atoms with Gasteiger partial charge in [0.15, 0.2) is 0 Å². The summed E-state index contributed by atoms with van der Waals surface area (Å²) in [4.78, 5) is 23.7. The van der Waals surface area contributed by atoms with Crippen LogP contribution in [0.4, 0.5) is 0 Å². The molecule has 3 rings (SSSR count). The fourth-order valence-corrected chi connectivity index (χ4v) is 2.47. The van der Waals surface area contributed by atoms with Crippen molar-refractivity contribution in [2.75, 3.05) is 0 Å². The summed E-state index contributed by atoms with van der Waals surface area (Å²) in [6.45, 7) is 4.21. The van der Waals surface area contributed by atoms with Crippen LogP contribution in [0.1, 0.15) is 32.3 Å². The number of aromatic nitrogens is 2. The number of fused-ring (bicyclic) bond motifs is 1. The van der Waals surface area contributed by atoms with Crippen molar-refractivity contribution < 1.29 is 4.79 Å². The molecule has 130 valence electrons. The first kappa shape index (κ1) is 20.0. The van der Waals surface area contributed by atoms with E-state index in [0.29, 0.717) is 17.7 Å². The van der Waals surface area contributed by atoms with E-state index in [1.54, 1.807) is 12.3 Å². The topological polar surface area (TPSA) is 82.2 Å². The fourth-order valence-electron chi connectivity index (χ4n) is 2.47. The van der Waals surface area contributed by atoms with E-state index in [1.807, 2.05) is 18.3 Å². The van der Waals surface area contributed by atoms with Gasteiger partial charge in [0.25, 0.3) is 5.91 Å². The largest absolute Gasteiger partial charge is 0.353 e. The van der Waals surface area contributed by atoms with E-state index in [4.69, 9.17) is 0 Å². The van der Waals surface area contributed by atoms with Gasteiger partial charge in [0.05, 0.1) is 0 Å². The Morgan fingerprint density at radius 2 is 2.04 bits per heavy atom. The number of nitrogens with one attached hydrogen (secondary N) is 3. The fraction of sp³-hybridized carbons (Fsp3) is 0.312. The van der Waals surface area contributed by atoms with Crippen molar-refractivity contribution in [2.24, 2.45) is 4.99 Å². The van der Waals surface area contributed by atoms with Gasteiger partial charge in [-0.1, -0.05) is 13.8 Å². The number of aliphatic imine (C=N–C) groups is 1. The number of halogens is 2. The molecule has 0 aliphatic carbocycles. The van der Waals surface area contributed by atoms with Crippen molar-refractivity contribution in [1.29, 1.82) is 0 Å². The quantitative estimate of drug-likeness (QED) is 0.724. The van der Waals surface area contributed by atoms with Crippen LogP contribution in [0, 0.1) is 0 Å². The van der Waals surface area contributed by atoms with Gasteiger partial charge in [0, 0.05) is 29.4 Å². The number of hydrogen-bond acceptors (Lipinski definition) is 4. The zero-order valence-corrected chi connectivity index (χ0v) is 15.1. The smallest absolute Gasteiger partial charge is 0.276 e. The second kappa shape index (κ2) is 8.70. The number of nitrogens with zero attached hydrogens (tertiary/aromatic N) is 2. The molecule has 0 saturated heterocycles. The molecule has 2 aromatic heterocycles. The van der Waals surface area contributed by atoms with Crippen LogP contribution in [0.25, 0.3) is 17.1 Å². The molecule has 0 unspecified atom stereocenters. The molecule has 24 heavy (non-hydrogen) atoms. The summed E-state index contributed by atoms with van der Waals surface area (Å²) in [5, 5.41) is 6.99. The second-order valence-corrected chi connectivity index (χ2v) is 5.25. The third-order valence-corrected chi connectivity index (χ3v) is 3.80. The molecule has 8 heteroatoms. The van der Waals surface area contributed by atoms with Crippen molar-refractivity contribution in [3.63, 3.8) is 0 Å². The molecular formula is C16H21Cl2N5O. The third-order valence-electron chi connectivity index (χ3n) is 3.80. The van der Waals surface area contributed by atoms with Gasteiger partial charge in [-0.3, -0.25) is 10.1 Å². The number of H-pyrrole nitrogens is 1. The molecule has 0 spiro atoms. The first-order valence-electron chi connectivity index (χ1n) is 7.51. The highest BCUT2D eigenvalue weighted by molar-refractivity contribution is 6.14. The van der Waals surface area contributed by atoms with Crippen LogP contribution in [-0.4, -0.2) is 27.9 Å². The van der Waals surface area contributed by atoms with Gasteiger partial charge in [0.1, 0.15) is 11.3 Å². The first-order valence-corrected chi connectivity index (χ1v) is 7.51. The van der Waals surface area contributed by atoms with Crippen LogP contribution in [0.5, 0.6) is 0 Å². The standard InChI is InChI=1S/C16H19N5O.2ClH/c1-3-11(4-2)19-16-20-13(15(22)21-16)8-10-9-18-14-12(10)6-5-7-17-14;;/h5-9,11H,3-4H2,1-2H3,(H,17,18)(H2,19,20,21,22);2*1H. The molecule has 0 atom stereocenters. The van der Waals surface area contributed by atoms with Gasteiger partial charge in [-0.15, -0.1) is 24.8 Å². The van der Waals surface area contributed by atoms with Gasteiger partial charge in [-0.2, -0.15) is 0 Å². The van der Waals surface area contributed by atoms with Gasteiger partial charge in [0.2, 0.25) is 5.96 Å². The predicted octanol–water partition coefficient (Wildman–Crippen LogP) is 3.01. The molecule has 2 aromatic rings. The van der Waals surface area contributed by atoms with E-state index in [2.05, 4.69) is 39.4 Å². The first-order chi connectivity index (χ1) is 10.7. The summed E-state index contributed by atoms with van der Waals surface area (Å²) in [5.41, 5.74) is 2.10. The van der Waals surface area contributed by atoms with Gasteiger partial charge in [-0.25, -0.2) is 9.98 Å². The Bertz CT molecular complexity index is 765. The summed E-state index contributed by atoms with van der Waals surface area (Å²) < 4.78 is 0. The Hall–Kier alpha value is -2.05. The number of hydrogen-bond donors (Lipinski definition) is 3. The van der Waals surface area contributed by atoms with E-state index in [1.165, 1.54) is 0 Å². The highest BCUT2D eigenvalue weighted by Crippen LogP contribution is 2.20. The summed E-state index contributed by atoms with van der Waals surface area (Å²) in [7, 11) is 0. The normalized spacial score (nSPS) is 15.0. The van der Waals surface area contributed by atoms with Gasteiger partial charge >= 0.3 is 0 Å². The Morgan fingerprint density at radius 3 is 2.75 bits per heavy atom. The lowest BCUT2D eigenvalue weighted by Crippen LogP contribution is -2.41. The number of amides is 1. The molecular weight excluding hydrogens is 349 g/mol. The maximum atomic E-state index is 12.0. The molecule has 1 aliphatic heterocycles. The van der Waals surface area contributed by atoms with E-state index in [-0.39, 0.29) is 30.7 Å². The maximum absolute atomic E-state index is 12.0. The number of rotatable bonds is 4. The predicted molar refractivity (Wildman–Crippen MR) is 102 cm³/mol. The second-order valence-electron chi connectivity index (χ2n) is 5.25. The molecule has 3 heterocycles. The van der Waals surface area contributed by atoms with Crippen LogP contribution in [0.2, 0.25) is 0 Å². The lowest BCUT2D eigenvalue weighted by atomic mass is 10.2. The Balaban J connectivity index is 0.00000144. The Morgan fingerprint density at radius 1 is 1.29 bits per heavy atom. The number of guanidine groups is 1. The number of carbonyl (C=O) groups is 1. The van der Waals surface area contributed by atoms with Crippen LogP contribution in [0.15, 0.2) is 35.2 Å². The molecule has 3 N–H and O–H groups in total. The highest BCUT2D eigenvalue weighted by Gasteiger charge is 2.21. The van der Waals surface area contributed by atoms with Crippen LogP contribution in [0.3, 0.4) is 0 Å². The Kier molecular flexibility index (Phi) is 7.25. The van der Waals surface area contributed by atoms with Crippen LogP contribution < -0.4 is 10.6 Å². The zero-order chi connectivity index (χ0) is 15.5. The molecule has 0 bridgehead atoms. The molecule has 0 aromatic carbocycles. The van der Waals surface area contributed by atoms with Crippen LogP contribution >= 0.6 is 24.8 Å². The van der Waals surface area contributed by atoms with Crippen molar-refractivity contribution in [2.45, 2.75) is 32.7 Å². The summed E-state index contributed by atoms with van der Waals surface area (Å²) in [6, 6.07) is 4.15. The average Bonchev–Trinajstić information content (AvgIpc) is 3.10. The van der Waals surface area contributed by atoms with Gasteiger partial charge < -0.3 is 10.3 Å². The van der Waals surface area contributed by atoms with Crippen LogP contribution in [-0.2, 0) is 4.79 Å². The van der Waals surface area contributed by atoms with Crippen molar-refractivity contribution in [3.05, 3.63) is 35.8 Å². The summed E-state index contributed by atoms with van der Waals surface area (Å²) in [5.74, 6) is 0.342. The van der Waals surface area contributed by atoms with Gasteiger partial charge in [-0.05, 0) is 31.1 Å². The van der Waals surface area contributed by atoms with E-state index >= 15 is 0 Å². The summed E-state index contributed by atoms with van der Waals surface area (Å²) in [6.07, 6.45) is 7.31. The number of aromatic amines is 1. The lowest BCUT2D eigenvalue weighted by Gasteiger charge is -2.14. The van der Waals surface area contributed by atoms with E-state index in [0.717, 1.165) is 29.4 Å². The summed E-state index contributed by atoms with van der Waals surface area (Å²) >= 11 is 0. The SMILES string of the molecule is CCC(CC)NC1=NC(=Cc2c[nH]c3ncccc23)C(=O)N1.Cl.Cl. The molecule has 6 nitrogen and oxygen atoms in total. The minimum atomic E-state index is -0.188. The third kappa shape index (κ3) is 4.07. The minimum absolute atomic E-state index is 0. The maximum Gasteiger partial charge on any atom is 0.276 e. The Labute approximate surface area is 153 Å². The van der Waals surface area contributed by atoms with Crippen molar-refractivity contribution in [1.82, 2.24) is 20.6 Å². The number of carbonyl (C=O) groups excluding carboxylic acids is 1. The van der Waals surface area contributed by atoms with E-state index in [9.17, 15) is 4.79 Å². The molecule has 0 fully saturated rings. The molecule has 0 saturated carbocycles. The van der Waals surface area contributed by atoms with Crippen molar-refractivity contribution >= 4 is 53.8 Å². The number of pyridine rings is 1. The molecule has 0 radical (unpaired) electrons.